The summed E-state index contributed by atoms with van der Waals surface area (Å²) in [4.78, 5) is 47.6. The maximum absolute atomic E-state index is 14.1. The number of hydrogen-bond donors (Lipinski definition) is 3. The van der Waals surface area contributed by atoms with E-state index in [2.05, 4.69) is 30.6 Å². The molecule has 0 saturated carbocycles. The lowest BCUT2D eigenvalue weighted by Crippen LogP contribution is -2.30. The van der Waals surface area contributed by atoms with Gasteiger partial charge in [0.2, 0.25) is 0 Å². The number of alkyl carbamates (subject to hydrolysis) is 1. The molecule has 3 heterocycles. The van der Waals surface area contributed by atoms with Crippen LogP contribution in [0.5, 0.6) is 0 Å². The molecule has 0 bridgehead atoms. The normalized spacial score (nSPS) is 11.8. The number of fused-ring (bicyclic) bond motifs is 2. The molecule has 0 spiro atoms. The number of imidazole rings is 1. The quantitative estimate of drug-likeness (QED) is 0.189. The van der Waals surface area contributed by atoms with E-state index in [0.29, 0.717) is 58.8 Å². The molecule has 0 aliphatic heterocycles. The van der Waals surface area contributed by atoms with Gasteiger partial charge >= 0.3 is 6.09 Å². The highest BCUT2D eigenvalue weighted by Crippen LogP contribution is 2.27. The van der Waals surface area contributed by atoms with Crippen LogP contribution in [0.3, 0.4) is 0 Å². The van der Waals surface area contributed by atoms with Crippen molar-refractivity contribution in [1.29, 1.82) is 0 Å². The Balaban J connectivity index is 1.32. The van der Waals surface area contributed by atoms with E-state index in [1.54, 1.807) is 10.9 Å². The molecule has 0 fully saturated rings. The first-order chi connectivity index (χ1) is 21.1. The van der Waals surface area contributed by atoms with Gasteiger partial charge < -0.3 is 20.4 Å². The van der Waals surface area contributed by atoms with E-state index in [4.69, 9.17) is 9.72 Å². The van der Waals surface area contributed by atoms with Gasteiger partial charge in [0, 0.05) is 6.54 Å². The van der Waals surface area contributed by atoms with E-state index in [-0.39, 0.29) is 12.2 Å². The number of benzene rings is 3. The van der Waals surface area contributed by atoms with Crippen molar-refractivity contribution in [3.63, 3.8) is 0 Å². The van der Waals surface area contributed by atoms with Crippen molar-refractivity contribution in [2.75, 3.05) is 11.9 Å². The van der Waals surface area contributed by atoms with Gasteiger partial charge in [-0.15, -0.1) is 0 Å². The first kappa shape index (κ1) is 27.6. The van der Waals surface area contributed by atoms with E-state index in [0.717, 1.165) is 11.1 Å². The van der Waals surface area contributed by atoms with Crippen molar-refractivity contribution in [3.05, 3.63) is 119 Å². The maximum Gasteiger partial charge on any atom is 0.407 e. The van der Waals surface area contributed by atoms with Crippen molar-refractivity contribution in [1.82, 2.24) is 34.8 Å². The van der Waals surface area contributed by atoms with Crippen LogP contribution in [-0.4, -0.2) is 42.1 Å². The molecule has 216 valence electrons. The SMILES string of the molecule is Cc1cccc2nc(C(CCCNC(=O)OCc3ccccc3)Nc3ncnc4[nH]cnc34)n(-c3ccccc3)c(=O)c12. The van der Waals surface area contributed by atoms with Crippen LogP contribution in [0.15, 0.2) is 96.3 Å². The lowest BCUT2D eigenvalue weighted by Gasteiger charge is -2.23. The third-order valence-corrected chi connectivity index (χ3v) is 7.14. The lowest BCUT2D eigenvalue weighted by molar-refractivity contribution is 0.139. The summed E-state index contributed by atoms with van der Waals surface area (Å²) < 4.78 is 7.00. The van der Waals surface area contributed by atoms with Crippen LogP contribution >= 0.6 is 0 Å². The molecule has 11 heteroatoms. The summed E-state index contributed by atoms with van der Waals surface area (Å²) in [6, 6.07) is 24.1. The number of para-hydroxylation sites is 1. The van der Waals surface area contributed by atoms with Gasteiger partial charge in [0.05, 0.1) is 29.0 Å². The number of amides is 1. The summed E-state index contributed by atoms with van der Waals surface area (Å²) in [5, 5.41) is 6.86. The number of carbonyl (C=O) groups excluding carboxylic acids is 1. The van der Waals surface area contributed by atoms with Crippen LogP contribution in [0, 0.1) is 6.92 Å². The van der Waals surface area contributed by atoms with E-state index >= 15 is 0 Å². The Labute approximate surface area is 247 Å². The Bertz CT molecular complexity index is 1920. The van der Waals surface area contributed by atoms with Gasteiger partial charge in [0.15, 0.2) is 11.5 Å². The van der Waals surface area contributed by atoms with Crippen molar-refractivity contribution >= 4 is 34.0 Å². The number of rotatable bonds is 10. The molecule has 0 radical (unpaired) electrons. The zero-order valence-electron chi connectivity index (χ0n) is 23.5. The van der Waals surface area contributed by atoms with E-state index in [9.17, 15) is 9.59 Å². The fourth-order valence-electron chi connectivity index (χ4n) is 5.05. The third kappa shape index (κ3) is 6.05. The number of nitrogens with one attached hydrogen (secondary N) is 3. The summed E-state index contributed by atoms with van der Waals surface area (Å²) >= 11 is 0. The van der Waals surface area contributed by atoms with Gasteiger partial charge in [0.1, 0.15) is 24.3 Å². The molecule has 3 N–H and O–H groups in total. The molecule has 3 aromatic carbocycles. The van der Waals surface area contributed by atoms with Crippen molar-refractivity contribution in [2.45, 2.75) is 32.4 Å². The lowest BCUT2D eigenvalue weighted by atomic mass is 10.1. The first-order valence-corrected chi connectivity index (χ1v) is 14.0. The van der Waals surface area contributed by atoms with E-state index < -0.39 is 12.1 Å². The Morgan fingerprint density at radius 1 is 0.977 bits per heavy atom. The van der Waals surface area contributed by atoms with Crippen molar-refractivity contribution in [2.24, 2.45) is 0 Å². The molecule has 0 aliphatic carbocycles. The largest absolute Gasteiger partial charge is 0.445 e. The predicted octanol–water partition coefficient (Wildman–Crippen LogP) is 5.22. The van der Waals surface area contributed by atoms with Crippen LogP contribution < -0.4 is 16.2 Å². The highest BCUT2D eigenvalue weighted by atomic mass is 16.5. The number of anilines is 1. The molecule has 0 aliphatic rings. The summed E-state index contributed by atoms with van der Waals surface area (Å²) in [6.45, 7) is 2.46. The van der Waals surface area contributed by atoms with Gasteiger partial charge in [-0.25, -0.2) is 24.7 Å². The van der Waals surface area contributed by atoms with E-state index in [1.807, 2.05) is 85.8 Å². The minimum atomic E-state index is -0.497. The van der Waals surface area contributed by atoms with Gasteiger partial charge in [-0.05, 0) is 49.1 Å². The first-order valence-electron chi connectivity index (χ1n) is 14.0. The summed E-state index contributed by atoms with van der Waals surface area (Å²) in [7, 11) is 0. The summed E-state index contributed by atoms with van der Waals surface area (Å²) in [5.41, 5.74) is 4.06. The molecule has 1 unspecified atom stereocenters. The minimum absolute atomic E-state index is 0.161. The van der Waals surface area contributed by atoms with Gasteiger partial charge in [0.25, 0.3) is 5.56 Å². The average Bonchev–Trinajstić information content (AvgIpc) is 3.52. The van der Waals surface area contributed by atoms with Crippen LogP contribution in [0.2, 0.25) is 0 Å². The zero-order chi connectivity index (χ0) is 29.6. The van der Waals surface area contributed by atoms with Gasteiger partial charge in [-0.2, -0.15) is 0 Å². The topological polar surface area (TPSA) is 140 Å². The molecule has 0 saturated heterocycles. The zero-order valence-corrected chi connectivity index (χ0v) is 23.5. The highest BCUT2D eigenvalue weighted by molar-refractivity contribution is 5.83. The number of hydrogen-bond acceptors (Lipinski definition) is 8. The Hall–Kier alpha value is -5.58. The third-order valence-electron chi connectivity index (χ3n) is 7.14. The molecule has 3 aromatic heterocycles. The molecule has 43 heavy (non-hydrogen) atoms. The fourth-order valence-corrected chi connectivity index (χ4v) is 5.05. The smallest absolute Gasteiger partial charge is 0.407 e. The number of nitrogens with zero attached hydrogens (tertiary/aromatic N) is 5. The van der Waals surface area contributed by atoms with Crippen LogP contribution in [0.25, 0.3) is 27.8 Å². The number of H-pyrrole nitrogens is 1. The summed E-state index contributed by atoms with van der Waals surface area (Å²) in [5.74, 6) is 1.02. The molecule has 1 atom stereocenters. The fraction of sp³-hybridized carbons (Fsp3) is 0.188. The number of ether oxygens (including phenoxy) is 1. The second-order valence-corrected chi connectivity index (χ2v) is 10.1. The number of aromatic nitrogens is 6. The number of aromatic amines is 1. The molecule has 11 nitrogen and oxygen atoms in total. The van der Waals surface area contributed by atoms with Gasteiger partial charge in [-0.3, -0.25) is 9.36 Å². The second-order valence-electron chi connectivity index (χ2n) is 10.1. The van der Waals surface area contributed by atoms with Crippen LogP contribution in [0.1, 0.15) is 35.8 Å². The Morgan fingerprint density at radius 2 is 1.77 bits per heavy atom. The maximum atomic E-state index is 14.1. The molecule has 6 aromatic rings. The number of carbonyl (C=O) groups is 1. The molecular formula is C32H30N8O3. The second kappa shape index (κ2) is 12.5. The standard InChI is InChI=1S/C32H30N8O3/c1-21-10-8-15-24-26(21)31(41)40(23-13-6-3-7-14-23)30(39-24)25(38-29-27-28(35-19-34-27)36-20-37-29)16-9-17-33-32(42)43-18-22-11-4-2-5-12-22/h2-8,10-15,19-20,25H,9,16-18H2,1H3,(H,33,42)(H2,34,35,36,37,38). The highest BCUT2D eigenvalue weighted by Gasteiger charge is 2.23. The van der Waals surface area contributed by atoms with Crippen molar-refractivity contribution < 1.29 is 9.53 Å². The molecular weight excluding hydrogens is 544 g/mol. The minimum Gasteiger partial charge on any atom is -0.445 e. The average molecular weight is 575 g/mol. The summed E-state index contributed by atoms with van der Waals surface area (Å²) in [6.07, 6.45) is 3.57. The Morgan fingerprint density at radius 3 is 2.58 bits per heavy atom. The number of aryl methyl sites for hydroxylation is 1. The Kier molecular flexibility index (Phi) is 8.03. The molecule has 6 rings (SSSR count). The van der Waals surface area contributed by atoms with Crippen LogP contribution in [-0.2, 0) is 11.3 Å². The van der Waals surface area contributed by atoms with E-state index in [1.165, 1.54) is 6.33 Å². The monoisotopic (exact) mass is 574 g/mol. The van der Waals surface area contributed by atoms with Gasteiger partial charge in [-0.1, -0.05) is 60.7 Å². The van der Waals surface area contributed by atoms with Crippen LogP contribution in [0.4, 0.5) is 10.6 Å². The predicted molar refractivity (Wildman–Crippen MR) is 164 cm³/mol. The van der Waals surface area contributed by atoms with Crippen molar-refractivity contribution in [3.8, 4) is 5.69 Å². The molecule has 1 amide bonds.